The van der Waals surface area contributed by atoms with Gasteiger partial charge in [-0.25, -0.2) is 13.8 Å². The highest BCUT2D eigenvalue weighted by Gasteiger charge is 2.37. The van der Waals surface area contributed by atoms with Crippen LogP contribution >= 0.6 is 34.8 Å². The number of piperazine rings is 1. The minimum atomic E-state index is -2.91. The van der Waals surface area contributed by atoms with Crippen LogP contribution in [0.1, 0.15) is 12.2 Å². The first-order valence-electron chi connectivity index (χ1n) is 11.7. The fraction of sp³-hybridized carbons (Fsp3) is 0.500. The van der Waals surface area contributed by atoms with Gasteiger partial charge in [0, 0.05) is 39.3 Å². The van der Waals surface area contributed by atoms with E-state index in [4.69, 9.17) is 44.3 Å². The van der Waals surface area contributed by atoms with E-state index in [1.807, 2.05) is 9.80 Å². The second-order valence-electron chi connectivity index (χ2n) is 8.55. The zero-order valence-electron chi connectivity index (χ0n) is 20.2. The Morgan fingerprint density at radius 1 is 0.947 bits per heavy atom. The molecular formula is C22H23Cl3F2N8O3. The Hall–Kier alpha value is -2.74. The molecule has 0 unspecified atom stereocenters. The first-order valence-corrected chi connectivity index (χ1v) is 12.8. The van der Waals surface area contributed by atoms with Crippen molar-refractivity contribution in [1.82, 2.24) is 29.4 Å². The van der Waals surface area contributed by atoms with E-state index in [0.717, 1.165) is 0 Å². The second-order valence-corrected chi connectivity index (χ2v) is 10.8. The summed E-state index contributed by atoms with van der Waals surface area (Å²) in [4.78, 5) is 35.5. The first kappa shape index (κ1) is 26.9. The maximum Gasteiger partial charge on any atom is 0.296 e. The molecule has 2 saturated heterocycles. The molecule has 5 rings (SSSR count). The van der Waals surface area contributed by atoms with Gasteiger partial charge in [0.2, 0.25) is 17.8 Å². The highest BCUT2D eigenvalue weighted by atomic mass is 35.6. The molecule has 0 N–H and O–H groups in total. The fourth-order valence-corrected chi connectivity index (χ4v) is 4.75. The van der Waals surface area contributed by atoms with Gasteiger partial charge in [-0.15, -0.1) is 0 Å². The fourth-order valence-electron chi connectivity index (χ4n) is 4.39. The van der Waals surface area contributed by atoms with Gasteiger partial charge in [0.05, 0.1) is 25.8 Å². The average Bonchev–Trinajstić information content (AvgIpc) is 3.33. The van der Waals surface area contributed by atoms with E-state index < -0.39 is 21.9 Å². The van der Waals surface area contributed by atoms with Crippen LogP contribution in [-0.4, -0.2) is 98.7 Å². The van der Waals surface area contributed by atoms with Crippen LogP contribution < -0.4 is 14.5 Å². The molecule has 2 aliphatic heterocycles. The van der Waals surface area contributed by atoms with Gasteiger partial charge in [-0.05, 0) is 12.1 Å². The number of hydrogen-bond donors (Lipinski definition) is 0. The van der Waals surface area contributed by atoms with Crippen molar-refractivity contribution in [1.29, 1.82) is 0 Å². The van der Waals surface area contributed by atoms with Crippen molar-refractivity contribution in [2.45, 2.75) is 10.2 Å². The molecule has 0 aliphatic carbocycles. The number of rotatable bonds is 5. The lowest BCUT2D eigenvalue weighted by Crippen LogP contribution is -2.52. The Kier molecular flexibility index (Phi) is 7.63. The van der Waals surface area contributed by atoms with Crippen LogP contribution in [0.3, 0.4) is 0 Å². The molecule has 204 valence electrons. The number of anilines is 2. The topological polar surface area (TPSA) is 102 Å². The van der Waals surface area contributed by atoms with Crippen molar-refractivity contribution in [2.75, 3.05) is 69.4 Å². The van der Waals surface area contributed by atoms with Crippen LogP contribution in [0.4, 0.5) is 20.7 Å². The first-order chi connectivity index (χ1) is 18.2. The molecule has 16 heteroatoms. The van der Waals surface area contributed by atoms with E-state index in [1.54, 1.807) is 18.2 Å². The van der Waals surface area contributed by atoms with Gasteiger partial charge >= 0.3 is 0 Å². The standard InChI is InChI=1S/C22H23Cl3F2N8O3/c1-37-14-4-2-3-13-15(14)28-17(16(26)27)35(13)21-30-19(29-20(31-21)34-9-11-38-12-10-34)33-7-5-32(6-8-33)18(36)22(23,24)25/h2-4,16H,5-12H2,1H3. The quantitative estimate of drug-likeness (QED) is 0.415. The van der Waals surface area contributed by atoms with E-state index in [2.05, 4.69) is 19.9 Å². The molecule has 3 aromatic rings. The summed E-state index contributed by atoms with van der Waals surface area (Å²) < 4.78 is 38.4. The van der Waals surface area contributed by atoms with Crippen LogP contribution in [0.15, 0.2) is 18.2 Å². The zero-order chi connectivity index (χ0) is 27.0. The number of para-hydroxylation sites is 1. The predicted molar refractivity (Wildman–Crippen MR) is 138 cm³/mol. The van der Waals surface area contributed by atoms with Gasteiger partial charge in [-0.1, -0.05) is 40.9 Å². The second kappa shape index (κ2) is 10.8. The van der Waals surface area contributed by atoms with Crippen LogP contribution in [0, 0.1) is 0 Å². The largest absolute Gasteiger partial charge is 0.494 e. The smallest absolute Gasteiger partial charge is 0.296 e. The molecule has 2 aromatic heterocycles. The lowest BCUT2D eigenvalue weighted by Gasteiger charge is -2.36. The molecule has 2 fully saturated rings. The third-order valence-electron chi connectivity index (χ3n) is 6.28. The van der Waals surface area contributed by atoms with Gasteiger partial charge in [0.1, 0.15) is 11.3 Å². The van der Waals surface area contributed by atoms with Crippen molar-refractivity contribution in [2.24, 2.45) is 0 Å². The number of halogens is 5. The molecule has 0 spiro atoms. The molecule has 1 amide bonds. The van der Waals surface area contributed by atoms with Crippen molar-refractivity contribution in [3.05, 3.63) is 24.0 Å². The summed E-state index contributed by atoms with van der Waals surface area (Å²) in [5, 5.41) is 0. The van der Waals surface area contributed by atoms with Crippen LogP contribution in [0.2, 0.25) is 0 Å². The molecule has 0 atom stereocenters. The minimum absolute atomic E-state index is 0.0117. The molecular weight excluding hydrogens is 569 g/mol. The number of carbonyl (C=O) groups excluding carboxylic acids is 1. The SMILES string of the molecule is COc1cccc2c1nc(C(F)F)n2-c1nc(N2CCOCC2)nc(N2CCN(C(=O)C(Cl)(Cl)Cl)CC2)n1. The number of alkyl halides is 5. The molecule has 0 radical (unpaired) electrons. The molecule has 11 nitrogen and oxygen atoms in total. The van der Waals surface area contributed by atoms with Gasteiger partial charge in [0.15, 0.2) is 5.82 Å². The maximum atomic E-state index is 14.2. The Morgan fingerprint density at radius 2 is 1.55 bits per heavy atom. The molecule has 1 aromatic carbocycles. The number of amides is 1. The minimum Gasteiger partial charge on any atom is -0.494 e. The third kappa shape index (κ3) is 5.24. The number of ether oxygens (including phenoxy) is 2. The normalized spacial score (nSPS) is 17.0. The zero-order valence-corrected chi connectivity index (χ0v) is 22.4. The molecule has 4 heterocycles. The van der Waals surface area contributed by atoms with Crippen LogP contribution in [0.5, 0.6) is 5.75 Å². The van der Waals surface area contributed by atoms with Gasteiger partial charge < -0.3 is 24.2 Å². The lowest BCUT2D eigenvalue weighted by atomic mass is 10.3. The molecule has 38 heavy (non-hydrogen) atoms. The Bertz CT molecular complexity index is 1330. The number of fused-ring (bicyclic) bond motifs is 1. The molecule has 2 aliphatic rings. The van der Waals surface area contributed by atoms with Gasteiger partial charge in [0.25, 0.3) is 16.1 Å². The number of imidazole rings is 1. The number of carbonyl (C=O) groups is 1. The summed E-state index contributed by atoms with van der Waals surface area (Å²) in [6.45, 7) is 3.17. The van der Waals surface area contributed by atoms with Crippen molar-refractivity contribution < 1.29 is 23.0 Å². The Morgan fingerprint density at radius 3 is 2.13 bits per heavy atom. The Labute approximate surface area is 231 Å². The number of benzene rings is 1. The average molecular weight is 592 g/mol. The van der Waals surface area contributed by atoms with Crippen molar-refractivity contribution in [3.8, 4) is 11.7 Å². The number of morpholine rings is 1. The highest BCUT2D eigenvalue weighted by molar-refractivity contribution is 6.76. The highest BCUT2D eigenvalue weighted by Crippen LogP contribution is 2.33. The lowest BCUT2D eigenvalue weighted by molar-refractivity contribution is -0.130. The third-order valence-corrected chi connectivity index (χ3v) is 6.76. The number of nitrogens with zero attached hydrogens (tertiary/aromatic N) is 8. The summed E-state index contributed by atoms with van der Waals surface area (Å²) in [6.07, 6.45) is -2.91. The van der Waals surface area contributed by atoms with E-state index in [-0.39, 0.29) is 30.5 Å². The summed E-state index contributed by atoms with van der Waals surface area (Å²) in [5.74, 6) is -0.219. The van der Waals surface area contributed by atoms with E-state index in [1.165, 1.54) is 16.6 Å². The van der Waals surface area contributed by atoms with Crippen molar-refractivity contribution >= 4 is 63.6 Å². The van der Waals surface area contributed by atoms with E-state index in [9.17, 15) is 13.6 Å². The van der Waals surface area contributed by atoms with Crippen LogP contribution in [-0.2, 0) is 9.53 Å². The number of aromatic nitrogens is 5. The maximum absolute atomic E-state index is 14.2. The molecule has 0 bridgehead atoms. The molecule has 0 saturated carbocycles. The van der Waals surface area contributed by atoms with Gasteiger partial charge in [-0.3, -0.25) is 9.36 Å². The monoisotopic (exact) mass is 590 g/mol. The van der Waals surface area contributed by atoms with E-state index in [0.29, 0.717) is 56.6 Å². The summed E-state index contributed by atoms with van der Waals surface area (Å²) in [7, 11) is 1.44. The Balaban J connectivity index is 1.57. The number of hydrogen-bond acceptors (Lipinski definition) is 9. The van der Waals surface area contributed by atoms with E-state index >= 15 is 0 Å². The predicted octanol–water partition coefficient (Wildman–Crippen LogP) is 3.01. The van der Waals surface area contributed by atoms with Crippen LogP contribution in [0.25, 0.3) is 17.0 Å². The summed E-state index contributed by atoms with van der Waals surface area (Å²) in [5.41, 5.74) is 0.627. The number of methoxy groups -OCH3 is 1. The summed E-state index contributed by atoms with van der Waals surface area (Å²) >= 11 is 17.3. The van der Waals surface area contributed by atoms with Gasteiger partial charge in [-0.2, -0.15) is 15.0 Å². The summed E-state index contributed by atoms with van der Waals surface area (Å²) in [6, 6.07) is 4.97. The van der Waals surface area contributed by atoms with Crippen molar-refractivity contribution in [3.63, 3.8) is 0 Å².